The van der Waals surface area contributed by atoms with Gasteiger partial charge in [-0.05, 0) is 6.92 Å². The number of carboxylic acids is 1. The first-order valence-electron chi connectivity index (χ1n) is 4.93. The van der Waals surface area contributed by atoms with E-state index in [0.717, 1.165) is 19.6 Å². The highest BCUT2D eigenvalue weighted by molar-refractivity contribution is 5.73. The summed E-state index contributed by atoms with van der Waals surface area (Å²) in [6.07, 6.45) is -5.08. The third-order valence-electron chi connectivity index (χ3n) is 2.06. The van der Waals surface area contributed by atoms with Gasteiger partial charge in [-0.1, -0.05) is 0 Å². The van der Waals surface area contributed by atoms with Gasteiger partial charge < -0.3 is 15.3 Å². The summed E-state index contributed by atoms with van der Waals surface area (Å²) in [5.41, 5.74) is 0. The molecule has 1 rings (SSSR count). The lowest BCUT2D eigenvalue weighted by atomic mass is 10.2. The Morgan fingerprint density at radius 2 is 1.88 bits per heavy atom. The van der Waals surface area contributed by atoms with Gasteiger partial charge in [0.1, 0.15) is 0 Å². The van der Waals surface area contributed by atoms with Crippen molar-refractivity contribution in [2.75, 3.05) is 19.6 Å². The van der Waals surface area contributed by atoms with E-state index in [1.165, 1.54) is 0 Å². The molecular weight excluding hydrogens is 241 g/mol. The first kappa shape index (κ1) is 15.7. The molecule has 1 amide bonds. The van der Waals surface area contributed by atoms with Gasteiger partial charge in [0.05, 0.1) is 0 Å². The minimum atomic E-state index is -5.08. The number of nitrogens with zero attached hydrogens (tertiary/aromatic N) is 1. The van der Waals surface area contributed by atoms with Crippen molar-refractivity contribution in [3.8, 4) is 0 Å². The van der Waals surface area contributed by atoms with Gasteiger partial charge in [0.2, 0.25) is 5.91 Å². The molecule has 1 saturated heterocycles. The third-order valence-corrected chi connectivity index (χ3v) is 2.06. The quantitative estimate of drug-likeness (QED) is 0.660. The third kappa shape index (κ3) is 6.77. The summed E-state index contributed by atoms with van der Waals surface area (Å²) in [6, 6.07) is 0.456. The van der Waals surface area contributed by atoms with Gasteiger partial charge in [0, 0.05) is 32.6 Å². The van der Waals surface area contributed by atoms with Crippen molar-refractivity contribution in [3.05, 3.63) is 0 Å². The van der Waals surface area contributed by atoms with Crippen LogP contribution in [0, 0.1) is 0 Å². The number of carbonyl (C=O) groups is 2. The van der Waals surface area contributed by atoms with Gasteiger partial charge in [-0.25, -0.2) is 4.79 Å². The van der Waals surface area contributed by atoms with Crippen molar-refractivity contribution in [2.24, 2.45) is 0 Å². The summed E-state index contributed by atoms with van der Waals surface area (Å²) in [7, 11) is 0. The fraction of sp³-hybridized carbons (Fsp3) is 0.778. The predicted octanol–water partition coefficient (Wildman–Crippen LogP) is 0.460. The zero-order valence-corrected chi connectivity index (χ0v) is 9.54. The molecule has 8 heteroatoms. The van der Waals surface area contributed by atoms with Crippen molar-refractivity contribution in [2.45, 2.75) is 26.1 Å². The monoisotopic (exact) mass is 256 g/mol. The van der Waals surface area contributed by atoms with E-state index in [0.29, 0.717) is 6.04 Å². The molecule has 0 aliphatic carbocycles. The summed E-state index contributed by atoms with van der Waals surface area (Å²) >= 11 is 0. The Labute approximate surface area is 96.6 Å². The Morgan fingerprint density at radius 1 is 1.41 bits per heavy atom. The van der Waals surface area contributed by atoms with Gasteiger partial charge in [0.15, 0.2) is 0 Å². The van der Waals surface area contributed by atoms with Crippen molar-refractivity contribution in [3.63, 3.8) is 0 Å². The fourth-order valence-corrected chi connectivity index (χ4v) is 1.22. The Hall–Kier alpha value is -1.31. The lowest BCUT2D eigenvalue weighted by Crippen LogP contribution is -2.50. The highest BCUT2D eigenvalue weighted by atomic mass is 19.4. The number of carboxylic acid groups (broad SMARTS) is 1. The molecule has 0 spiro atoms. The normalized spacial score (nSPS) is 20.3. The van der Waals surface area contributed by atoms with Crippen LogP contribution in [0.1, 0.15) is 13.8 Å². The Morgan fingerprint density at radius 3 is 2.12 bits per heavy atom. The lowest BCUT2D eigenvalue weighted by molar-refractivity contribution is -0.192. The van der Waals surface area contributed by atoms with Crippen molar-refractivity contribution >= 4 is 11.9 Å². The number of nitrogens with one attached hydrogen (secondary N) is 1. The number of rotatable bonds is 0. The molecule has 0 aromatic carbocycles. The molecule has 2 N–H and O–H groups in total. The molecule has 0 aromatic rings. The molecule has 5 nitrogen and oxygen atoms in total. The van der Waals surface area contributed by atoms with Crippen LogP contribution >= 0.6 is 0 Å². The molecule has 0 aromatic heterocycles. The SMILES string of the molecule is CC(=O)N1CCN[C@H](C)C1.O=C(O)C(F)(F)F. The first-order valence-corrected chi connectivity index (χ1v) is 4.93. The van der Waals surface area contributed by atoms with Crippen LogP contribution in [0.2, 0.25) is 0 Å². The van der Waals surface area contributed by atoms with E-state index in [4.69, 9.17) is 9.90 Å². The molecule has 0 saturated carbocycles. The Balaban J connectivity index is 0.000000325. The minimum Gasteiger partial charge on any atom is -0.475 e. The molecule has 100 valence electrons. The maximum atomic E-state index is 10.8. The van der Waals surface area contributed by atoms with Crippen LogP contribution in [-0.4, -0.2) is 53.7 Å². The number of hydrogen-bond donors (Lipinski definition) is 2. The fourth-order valence-electron chi connectivity index (χ4n) is 1.22. The van der Waals surface area contributed by atoms with Gasteiger partial charge in [-0.3, -0.25) is 4.79 Å². The van der Waals surface area contributed by atoms with Gasteiger partial charge in [-0.15, -0.1) is 0 Å². The number of alkyl halides is 3. The number of carbonyl (C=O) groups excluding carboxylic acids is 1. The van der Waals surface area contributed by atoms with E-state index in [1.807, 2.05) is 4.90 Å². The van der Waals surface area contributed by atoms with E-state index >= 15 is 0 Å². The standard InChI is InChI=1S/C7H14N2O.C2HF3O2/c1-6-5-9(7(2)10)4-3-8-6;3-2(4,5)1(6)7/h6,8H,3-5H2,1-2H3;(H,6,7)/t6-;/m1./s1. The number of amides is 1. The molecule has 17 heavy (non-hydrogen) atoms. The summed E-state index contributed by atoms with van der Waals surface area (Å²) in [4.78, 5) is 21.6. The van der Waals surface area contributed by atoms with Crippen LogP contribution < -0.4 is 5.32 Å². The van der Waals surface area contributed by atoms with E-state index in [1.54, 1.807) is 6.92 Å². The average molecular weight is 256 g/mol. The van der Waals surface area contributed by atoms with Crippen LogP contribution in [0.25, 0.3) is 0 Å². The largest absolute Gasteiger partial charge is 0.490 e. The highest BCUT2D eigenvalue weighted by Crippen LogP contribution is 2.13. The summed E-state index contributed by atoms with van der Waals surface area (Å²) in [5.74, 6) is -2.57. The molecule has 1 atom stereocenters. The molecule has 1 fully saturated rings. The van der Waals surface area contributed by atoms with Crippen LogP contribution in [-0.2, 0) is 9.59 Å². The zero-order valence-electron chi connectivity index (χ0n) is 9.54. The van der Waals surface area contributed by atoms with Crippen LogP contribution in [0.3, 0.4) is 0 Å². The number of hydrogen-bond acceptors (Lipinski definition) is 3. The Kier molecular flexibility index (Phi) is 5.94. The topological polar surface area (TPSA) is 69.6 Å². The molecular formula is C9H15F3N2O3. The molecule has 0 radical (unpaired) electrons. The lowest BCUT2D eigenvalue weighted by Gasteiger charge is -2.30. The molecule has 0 bridgehead atoms. The Bertz CT molecular complexity index is 281. The second-order valence-corrected chi connectivity index (χ2v) is 3.62. The maximum Gasteiger partial charge on any atom is 0.490 e. The smallest absolute Gasteiger partial charge is 0.475 e. The van der Waals surface area contributed by atoms with Crippen LogP contribution in [0.15, 0.2) is 0 Å². The predicted molar refractivity (Wildman–Crippen MR) is 53.4 cm³/mol. The van der Waals surface area contributed by atoms with Gasteiger partial charge in [-0.2, -0.15) is 13.2 Å². The molecule has 0 unspecified atom stereocenters. The summed E-state index contributed by atoms with van der Waals surface area (Å²) < 4.78 is 31.7. The van der Waals surface area contributed by atoms with E-state index in [9.17, 15) is 18.0 Å². The molecule has 1 aliphatic heterocycles. The number of aliphatic carboxylic acids is 1. The van der Waals surface area contributed by atoms with Crippen LogP contribution in [0.4, 0.5) is 13.2 Å². The van der Waals surface area contributed by atoms with Crippen molar-refractivity contribution in [1.29, 1.82) is 0 Å². The highest BCUT2D eigenvalue weighted by Gasteiger charge is 2.38. The van der Waals surface area contributed by atoms with Gasteiger partial charge in [0.25, 0.3) is 0 Å². The van der Waals surface area contributed by atoms with Crippen LogP contribution in [0.5, 0.6) is 0 Å². The van der Waals surface area contributed by atoms with E-state index in [-0.39, 0.29) is 5.91 Å². The first-order chi connectivity index (χ1) is 7.64. The second kappa shape index (κ2) is 6.43. The van der Waals surface area contributed by atoms with Gasteiger partial charge >= 0.3 is 12.1 Å². The molecule has 1 aliphatic rings. The number of piperazine rings is 1. The summed E-state index contributed by atoms with van der Waals surface area (Å²) in [5, 5.41) is 10.4. The average Bonchev–Trinajstić information content (AvgIpc) is 2.17. The second-order valence-electron chi connectivity index (χ2n) is 3.62. The summed E-state index contributed by atoms with van der Waals surface area (Å²) in [6.45, 7) is 6.36. The maximum absolute atomic E-state index is 10.8. The van der Waals surface area contributed by atoms with Crippen molar-refractivity contribution < 1.29 is 27.9 Å². The molecule has 1 heterocycles. The number of halogens is 3. The van der Waals surface area contributed by atoms with E-state index < -0.39 is 12.1 Å². The zero-order chi connectivity index (χ0) is 13.6. The van der Waals surface area contributed by atoms with Crippen molar-refractivity contribution in [1.82, 2.24) is 10.2 Å². The van der Waals surface area contributed by atoms with E-state index in [2.05, 4.69) is 12.2 Å². The minimum absolute atomic E-state index is 0.188.